The third-order valence-corrected chi connectivity index (χ3v) is 12.3. The summed E-state index contributed by atoms with van der Waals surface area (Å²) in [7, 11) is -5.02. The summed E-state index contributed by atoms with van der Waals surface area (Å²) in [5.74, 6) is -0.482. The number of carbonyl (C=O) groups is 1. The van der Waals surface area contributed by atoms with Crippen LogP contribution in [0.2, 0.25) is 0 Å². The molecule has 0 bridgehead atoms. The fourth-order valence-electron chi connectivity index (χ4n) is 7.40. The van der Waals surface area contributed by atoms with Gasteiger partial charge < -0.3 is 39.9 Å². The smallest absolute Gasteiger partial charge is 0.457 e. The zero-order chi connectivity index (χ0) is 44.1. The minimum Gasteiger partial charge on any atom is -0.457 e. The number of phosphoric acid groups is 1. The number of allylic oxidation sites excluding steroid dienone is 4. The van der Waals surface area contributed by atoms with E-state index < -0.39 is 63.1 Å². The van der Waals surface area contributed by atoms with Gasteiger partial charge in [-0.2, -0.15) is 0 Å². The van der Waals surface area contributed by atoms with E-state index in [-0.39, 0.29) is 13.0 Å². The van der Waals surface area contributed by atoms with Crippen molar-refractivity contribution in [2.24, 2.45) is 0 Å². The zero-order valence-electron chi connectivity index (χ0n) is 37.8. The van der Waals surface area contributed by atoms with Crippen molar-refractivity contribution < 1.29 is 58.3 Å². The van der Waals surface area contributed by atoms with Gasteiger partial charge in [0.25, 0.3) is 0 Å². The van der Waals surface area contributed by atoms with Crippen molar-refractivity contribution in [3.05, 3.63) is 24.3 Å². The van der Waals surface area contributed by atoms with Gasteiger partial charge in [0.05, 0.1) is 13.2 Å². The first-order valence-electron chi connectivity index (χ1n) is 24.2. The van der Waals surface area contributed by atoms with E-state index in [1.807, 2.05) is 0 Å². The van der Waals surface area contributed by atoms with Crippen molar-refractivity contribution in [2.45, 2.75) is 249 Å². The van der Waals surface area contributed by atoms with Crippen LogP contribution in [0.25, 0.3) is 0 Å². The van der Waals surface area contributed by atoms with Gasteiger partial charge >= 0.3 is 13.8 Å². The van der Waals surface area contributed by atoms with Gasteiger partial charge in [0.2, 0.25) is 0 Å². The first-order valence-corrected chi connectivity index (χ1v) is 25.7. The number of unbranched alkanes of at least 4 members (excludes halogenated alkanes) is 25. The van der Waals surface area contributed by atoms with Crippen molar-refractivity contribution >= 4 is 13.8 Å². The van der Waals surface area contributed by atoms with Gasteiger partial charge in [-0.05, 0) is 64.2 Å². The predicted molar refractivity (Wildman–Crippen MR) is 240 cm³/mol. The van der Waals surface area contributed by atoms with E-state index in [1.54, 1.807) is 0 Å². The molecule has 1 rings (SSSR count). The molecular formula is C47H89O12P. The Morgan fingerprint density at radius 1 is 0.517 bits per heavy atom. The van der Waals surface area contributed by atoms with Crippen molar-refractivity contribution in [2.75, 3.05) is 19.8 Å². The molecule has 0 aromatic heterocycles. The van der Waals surface area contributed by atoms with E-state index in [2.05, 4.69) is 38.2 Å². The highest BCUT2D eigenvalue weighted by atomic mass is 31.2. The van der Waals surface area contributed by atoms with Crippen molar-refractivity contribution in [1.29, 1.82) is 0 Å². The Morgan fingerprint density at radius 3 is 1.32 bits per heavy atom. The molecule has 0 amide bonds. The van der Waals surface area contributed by atoms with Crippen LogP contribution in [0.3, 0.4) is 0 Å². The van der Waals surface area contributed by atoms with E-state index in [1.165, 1.54) is 122 Å². The van der Waals surface area contributed by atoms with Crippen LogP contribution in [0.15, 0.2) is 24.3 Å². The van der Waals surface area contributed by atoms with E-state index in [4.69, 9.17) is 18.5 Å². The number of rotatable bonds is 41. The van der Waals surface area contributed by atoms with E-state index >= 15 is 0 Å². The molecule has 1 saturated carbocycles. The van der Waals surface area contributed by atoms with Gasteiger partial charge in [0, 0.05) is 13.0 Å². The number of carbonyl (C=O) groups excluding carboxylic acids is 1. The first kappa shape index (κ1) is 56.8. The molecule has 6 N–H and O–H groups in total. The highest BCUT2D eigenvalue weighted by Crippen LogP contribution is 2.47. The van der Waals surface area contributed by atoms with Crippen molar-refractivity contribution in [1.82, 2.24) is 0 Å². The Balaban J connectivity index is 2.38. The van der Waals surface area contributed by atoms with Crippen LogP contribution >= 0.6 is 7.82 Å². The number of hydrogen-bond acceptors (Lipinski definition) is 11. The normalized spacial score (nSPS) is 22.5. The average molecular weight is 877 g/mol. The maximum atomic E-state index is 12.8. The van der Waals surface area contributed by atoms with Gasteiger partial charge in [-0.1, -0.05) is 160 Å². The fourth-order valence-corrected chi connectivity index (χ4v) is 8.38. The Hall–Kier alpha value is -1.18. The summed E-state index contributed by atoms with van der Waals surface area (Å²) >= 11 is 0. The lowest BCUT2D eigenvalue weighted by Crippen LogP contribution is -2.64. The third kappa shape index (κ3) is 30.0. The largest absolute Gasteiger partial charge is 0.472 e. The van der Waals surface area contributed by atoms with Crippen molar-refractivity contribution in [3.8, 4) is 0 Å². The molecule has 0 aromatic carbocycles. The molecule has 0 heterocycles. The molecule has 6 unspecified atom stereocenters. The molecule has 1 aliphatic rings. The fraction of sp³-hybridized carbons (Fsp3) is 0.894. The summed E-state index contributed by atoms with van der Waals surface area (Å²) in [6.07, 6.45) is 31.0. The number of esters is 1. The highest BCUT2D eigenvalue weighted by molar-refractivity contribution is 7.47. The molecule has 60 heavy (non-hydrogen) atoms. The molecule has 6 atom stereocenters. The second-order valence-electron chi connectivity index (χ2n) is 17.0. The summed E-state index contributed by atoms with van der Waals surface area (Å²) < 4.78 is 34.2. The maximum Gasteiger partial charge on any atom is 0.472 e. The topological polar surface area (TPSA) is 192 Å². The van der Waals surface area contributed by atoms with E-state index in [9.17, 15) is 39.8 Å². The predicted octanol–water partition coefficient (Wildman–Crippen LogP) is 10.1. The molecule has 1 aliphatic carbocycles. The lowest BCUT2D eigenvalue weighted by Gasteiger charge is -2.41. The van der Waals surface area contributed by atoms with Crippen LogP contribution in [0.4, 0.5) is 0 Å². The molecule has 1 fully saturated rings. The molecule has 12 nitrogen and oxygen atoms in total. The quantitative estimate of drug-likeness (QED) is 0.0148. The molecule has 0 radical (unpaired) electrons. The minimum absolute atomic E-state index is 0.0801. The Bertz CT molecular complexity index is 1090. The van der Waals surface area contributed by atoms with Gasteiger partial charge in [-0.25, -0.2) is 4.57 Å². The number of aliphatic hydroxyl groups is 5. The van der Waals surface area contributed by atoms with Gasteiger partial charge in [0.1, 0.15) is 42.7 Å². The Kier molecular flexibility index (Phi) is 36.3. The van der Waals surface area contributed by atoms with E-state index in [0.29, 0.717) is 13.0 Å². The highest BCUT2D eigenvalue weighted by Gasteiger charge is 2.51. The van der Waals surface area contributed by atoms with Gasteiger partial charge in [-0.3, -0.25) is 13.8 Å². The Morgan fingerprint density at radius 2 is 0.883 bits per heavy atom. The molecule has 0 spiro atoms. The van der Waals surface area contributed by atoms with Crippen LogP contribution in [-0.4, -0.2) is 98.9 Å². The molecule has 0 saturated heterocycles. The summed E-state index contributed by atoms with van der Waals surface area (Å²) in [6.45, 7) is 4.25. The summed E-state index contributed by atoms with van der Waals surface area (Å²) in [5, 5.41) is 50.2. The maximum absolute atomic E-state index is 12.8. The molecule has 0 aliphatic heterocycles. The van der Waals surface area contributed by atoms with E-state index in [0.717, 1.165) is 57.8 Å². The number of phosphoric ester groups is 1. The number of hydrogen-bond donors (Lipinski definition) is 6. The van der Waals surface area contributed by atoms with Crippen LogP contribution in [0.1, 0.15) is 206 Å². The second-order valence-corrected chi connectivity index (χ2v) is 18.4. The van der Waals surface area contributed by atoms with Crippen LogP contribution in [0, 0.1) is 0 Å². The monoisotopic (exact) mass is 877 g/mol. The van der Waals surface area contributed by atoms with Crippen LogP contribution < -0.4 is 0 Å². The Labute approximate surface area is 364 Å². The summed E-state index contributed by atoms with van der Waals surface area (Å²) in [4.78, 5) is 23.2. The van der Waals surface area contributed by atoms with Gasteiger partial charge in [0.15, 0.2) is 0 Å². The first-order chi connectivity index (χ1) is 29.0. The number of aliphatic hydroxyl groups excluding tert-OH is 5. The molecule has 13 heteroatoms. The molecule has 354 valence electrons. The standard InChI is InChI=1S/C47H89O12P/c1-3-5-7-9-11-13-15-17-19-20-21-22-24-26-28-30-32-34-36-41(48)58-40(39-57-60(54,55)59-47-45(52)43(50)42(49)44(51)46(47)53)38-56-37-35-33-31-29-27-25-23-18-16-14-12-10-8-6-4-2/h16,18-20,40,42-47,49-53H,3-15,17,21-39H2,1-2H3,(H,54,55)/b18-16-,20-19-. The lowest BCUT2D eigenvalue weighted by atomic mass is 9.85. The van der Waals surface area contributed by atoms with Crippen molar-refractivity contribution in [3.63, 3.8) is 0 Å². The molecular weight excluding hydrogens is 787 g/mol. The second kappa shape index (κ2) is 38.3. The number of ether oxygens (including phenoxy) is 2. The summed E-state index contributed by atoms with van der Waals surface area (Å²) in [6, 6.07) is 0. The van der Waals surface area contributed by atoms with Gasteiger partial charge in [-0.15, -0.1) is 0 Å². The van der Waals surface area contributed by atoms with Crippen LogP contribution in [0.5, 0.6) is 0 Å². The lowest BCUT2D eigenvalue weighted by molar-refractivity contribution is -0.220. The molecule has 0 aromatic rings. The van der Waals surface area contributed by atoms with Crippen LogP contribution in [-0.2, 0) is 27.9 Å². The SMILES string of the molecule is CCCCCCC/C=C\CCCCCCCCOCC(COP(=O)(O)OC1C(O)C(O)C(O)C(O)C1O)OC(=O)CCCCCCCCC/C=C\CCCCCCCCC. The third-order valence-electron chi connectivity index (χ3n) is 11.3. The minimum atomic E-state index is -5.02. The zero-order valence-corrected chi connectivity index (χ0v) is 38.7. The summed E-state index contributed by atoms with van der Waals surface area (Å²) in [5.41, 5.74) is 0. The average Bonchev–Trinajstić information content (AvgIpc) is 3.23.